The van der Waals surface area contributed by atoms with Crippen LogP contribution in [-0.2, 0) is 4.74 Å². The molecule has 0 aliphatic carbocycles. The fourth-order valence-electron chi connectivity index (χ4n) is 1.38. The number of carbonyl (C=O) groups is 1. The number of halogens is 2. The molecule has 1 atom stereocenters. The molecule has 0 saturated carbocycles. The van der Waals surface area contributed by atoms with Crippen molar-refractivity contribution in [2.45, 2.75) is 13.3 Å². The van der Waals surface area contributed by atoms with Gasteiger partial charge in [0.1, 0.15) is 5.82 Å². The molecule has 0 spiro atoms. The number of hydrogen-bond acceptors (Lipinski definition) is 2. The van der Waals surface area contributed by atoms with E-state index in [4.69, 9.17) is 16.3 Å². The van der Waals surface area contributed by atoms with Gasteiger partial charge in [-0.25, -0.2) is 4.39 Å². The zero-order valence-electron chi connectivity index (χ0n) is 9.30. The minimum atomic E-state index is -0.529. The Morgan fingerprint density at radius 1 is 1.56 bits per heavy atom. The minimum Gasteiger partial charge on any atom is -0.385 e. The molecule has 1 rings (SSSR count). The number of methoxy groups -OCH3 is 1. The largest absolute Gasteiger partial charge is 0.385 e. The van der Waals surface area contributed by atoms with Gasteiger partial charge >= 0.3 is 0 Å². The van der Waals surface area contributed by atoms with Gasteiger partial charge in [0.2, 0.25) is 0 Å². The second-order valence-electron chi connectivity index (χ2n) is 3.67. The highest BCUT2D eigenvalue weighted by Crippen LogP contribution is 2.19. The van der Waals surface area contributed by atoms with Crippen LogP contribution in [-0.4, -0.2) is 19.5 Å². The molecule has 0 aliphatic rings. The third-order valence-electron chi connectivity index (χ3n) is 2.40. The first-order valence-corrected chi connectivity index (χ1v) is 5.42. The van der Waals surface area contributed by atoms with Crippen molar-refractivity contribution in [3.63, 3.8) is 0 Å². The van der Waals surface area contributed by atoms with Crippen molar-refractivity contribution >= 4 is 17.4 Å². The van der Waals surface area contributed by atoms with E-state index >= 15 is 0 Å². The number of benzene rings is 1. The van der Waals surface area contributed by atoms with Gasteiger partial charge in [-0.15, -0.1) is 0 Å². The first kappa shape index (κ1) is 13.1. The van der Waals surface area contributed by atoms with E-state index in [9.17, 15) is 9.18 Å². The summed E-state index contributed by atoms with van der Waals surface area (Å²) in [6, 6.07) is 3.99. The van der Waals surface area contributed by atoms with Crippen LogP contribution in [0.2, 0.25) is 5.02 Å². The van der Waals surface area contributed by atoms with Crippen LogP contribution < -0.4 is 0 Å². The quantitative estimate of drug-likeness (QED) is 0.743. The molecular weight excluding hydrogens is 231 g/mol. The van der Waals surface area contributed by atoms with Crippen molar-refractivity contribution in [2.75, 3.05) is 13.7 Å². The van der Waals surface area contributed by atoms with Crippen LogP contribution in [0.25, 0.3) is 0 Å². The maximum Gasteiger partial charge on any atom is 0.168 e. The molecule has 88 valence electrons. The van der Waals surface area contributed by atoms with Crippen LogP contribution in [0.3, 0.4) is 0 Å². The summed E-state index contributed by atoms with van der Waals surface area (Å²) in [6.45, 7) is 2.23. The van der Waals surface area contributed by atoms with E-state index in [2.05, 4.69) is 0 Å². The summed E-state index contributed by atoms with van der Waals surface area (Å²) >= 11 is 5.73. The molecule has 1 aromatic carbocycles. The maximum atomic E-state index is 13.4. The lowest BCUT2D eigenvalue weighted by Gasteiger charge is -2.10. The molecule has 1 aromatic rings. The number of hydrogen-bond donors (Lipinski definition) is 0. The highest BCUT2D eigenvalue weighted by atomic mass is 35.5. The zero-order chi connectivity index (χ0) is 12.1. The summed E-state index contributed by atoms with van der Waals surface area (Å²) in [6.07, 6.45) is 0.571. The first-order valence-electron chi connectivity index (χ1n) is 5.04. The molecule has 0 saturated heterocycles. The van der Waals surface area contributed by atoms with E-state index < -0.39 is 5.82 Å². The molecule has 2 nitrogen and oxygen atoms in total. The summed E-state index contributed by atoms with van der Waals surface area (Å²) in [4.78, 5) is 11.9. The van der Waals surface area contributed by atoms with Crippen molar-refractivity contribution in [3.05, 3.63) is 34.6 Å². The van der Waals surface area contributed by atoms with Gasteiger partial charge in [0.05, 0.1) is 5.56 Å². The number of ether oxygens (including phenoxy) is 1. The second-order valence-corrected chi connectivity index (χ2v) is 4.11. The molecule has 16 heavy (non-hydrogen) atoms. The van der Waals surface area contributed by atoms with E-state index in [1.807, 2.05) is 0 Å². The summed E-state index contributed by atoms with van der Waals surface area (Å²) in [5, 5.41) is 0.365. The van der Waals surface area contributed by atoms with Gasteiger partial charge in [0, 0.05) is 24.7 Å². The topological polar surface area (TPSA) is 26.3 Å². The Morgan fingerprint density at radius 2 is 2.25 bits per heavy atom. The van der Waals surface area contributed by atoms with Gasteiger partial charge in [-0.1, -0.05) is 18.5 Å². The predicted molar refractivity (Wildman–Crippen MR) is 61.4 cm³/mol. The SMILES string of the molecule is COCCC(C)C(=O)c1cc(Cl)ccc1F. The summed E-state index contributed by atoms with van der Waals surface area (Å²) in [7, 11) is 1.57. The standard InChI is InChI=1S/C12H14ClFO2/c1-8(5-6-16-2)12(15)10-7-9(13)3-4-11(10)14/h3-4,7-8H,5-6H2,1-2H3. The van der Waals surface area contributed by atoms with Gasteiger partial charge < -0.3 is 4.74 Å². The molecule has 0 amide bonds. The van der Waals surface area contributed by atoms with E-state index in [-0.39, 0.29) is 17.3 Å². The normalized spacial score (nSPS) is 12.5. The Morgan fingerprint density at radius 3 is 2.88 bits per heavy atom. The molecule has 0 aromatic heterocycles. The summed E-state index contributed by atoms with van der Waals surface area (Å²) < 4.78 is 18.3. The Kier molecular flexibility index (Phi) is 4.90. The molecule has 1 unspecified atom stereocenters. The Labute approximate surface area is 99.4 Å². The smallest absolute Gasteiger partial charge is 0.168 e. The van der Waals surface area contributed by atoms with Gasteiger partial charge in [-0.2, -0.15) is 0 Å². The number of carbonyl (C=O) groups excluding carboxylic acids is 1. The monoisotopic (exact) mass is 244 g/mol. The fourth-order valence-corrected chi connectivity index (χ4v) is 1.55. The van der Waals surface area contributed by atoms with Crippen molar-refractivity contribution in [1.29, 1.82) is 0 Å². The number of Topliss-reactive ketones (excluding diaryl/α,β-unsaturated/α-hetero) is 1. The van der Waals surface area contributed by atoms with Crippen LogP contribution in [0, 0.1) is 11.7 Å². The highest BCUT2D eigenvalue weighted by Gasteiger charge is 2.18. The first-order chi connectivity index (χ1) is 7.56. The lowest BCUT2D eigenvalue weighted by Crippen LogP contribution is -2.14. The number of rotatable bonds is 5. The van der Waals surface area contributed by atoms with E-state index in [1.54, 1.807) is 14.0 Å². The van der Waals surface area contributed by atoms with Gasteiger partial charge in [-0.3, -0.25) is 4.79 Å². The fraction of sp³-hybridized carbons (Fsp3) is 0.417. The molecule has 4 heteroatoms. The average molecular weight is 245 g/mol. The lowest BCUT2D eigenvalue weighted by atomic mass is 9.96. The zero-order valence-corrected chi connectivity index (χ0v) is 10.1. The molecule has 0 N–H and O–H groups in total. The third-order valence-corrected chi connectivity index (χ3v) is 2.63. The molecule has 0 aliphatic heterocycles. The summed E-state index contributed by atoms with van der Waals surface area (Å²) in [5.74, 6) is -1.04. The molecule has 0 bridgehead atoms. The molecular formula is C12H14ClFO2. The summed E-state index contributed by atoms with van der Waals surface area (Å²) in [5.41, 5.74) is 0.0519. The minimum absolute atomic E-state index is 0.0519. The van der Waals surface area contributed by atoms with Gasteiger partial charge in [0.15, 0.2) is 5.78 Å². The van der Waals surface area contributed by atoms with Crippen molar-refractivity contribution in [3.8, 4) is 0 Å². The van der Waals surface area contributed by atoms with E-state index in [0.29, 0.717) is 18.1 Å². The average Bonchev–Trinajstić information content (AvgIpc) is 2.28. The van der Waals surface area contributed by atoms with Crippen LogP contribution in [0.1, 0.15) is 23.7 Å². The number of ketones is 1. The van der Waals surface area contributed by atoms with Crippen LogP contribution in [0.4, 0.5) is 4.39 Å². The van der Waals surface area contributed by atoms with Crippen LogP contribution in [0.15, 0.2) is 18.2 Å². The molecule has 0 radical (unpaired) electrons. The Hall–Kier alpha value is -0.930. The molecule has 0 heterocycles. The van der Waals surface area contributed by atoms with Crippen LogP contribution in [0.5, 0.6) is 0 Å². The molecule has 0 fully saturated rings. The van der Waals surface area contributed by atoms with Crippen LogP contribution >= 0.6 is 11.6 Å². The van der Waals surface area contributed by atoms with E-state index in [0.717, 1.165) is 0 Å². The highest BCUT2D eigenvalue weighted by molar-refractivity contribution is 6.31. The second kappa shape index (κ2) is 5.97. The third kappa shape index (κ3) is 3.29. The van der Waals surface area contributed by atoms with Crippen molar-refractivity contribution in [1.82, 2.24) is 0 Å². The maximum absolute atomic E-state index is 13.4. The van der Waals surface area contributed by atoms with Gasteiger partial charge in [0.25, 0.3) is 0 Å². The Bertz CT molecular complexity index is 379. The van der Waals surface area contributed by atoms with Gasteiger partial charge in [-0.05, 0) is 24.6 Å². The van der Waals surface area contributed by atoms with Crippen molar-refractivity contribution < 1.29 is 13.9 Å². The van der Waals surface area contributed by atoms with Crippen molar-refractivity contribution in [2.24, 2.45) is 5.92 Å². The lowest BCUT2D eigenvalue weighted by molar-refractivity contribution is 0.0889. The predicted octanol–water partition coefficient (Wildman–Crippen LogP) is 3.33. The van der Waals surface area contributed by atoms with E-state index in [1.165, 1.54) is 18.2 Å². The Balaban J connectivity index is 2.83.